The van der Waals surface area contributed by atoms with Crippen LogP contribution in [0, 0.1) is 5.92 Å². The second kappa shape index (κ2) is 5.19. The Labute approximate surface area is 106 Å². The van der Waals surface area contributed by atoms with Crippen LogP contribution >= 0.6 is 11.3 Å². The van der Waals surface area contributed by atoms with Gasteiger partial charge in [0.1, 0.15) is 4.88 Å². The molecule has 0 unspecified atom stereocenters. The van der Waals surface area contributed by atoms with Gasteiger partial charge in [-0.3, -0.25) is 4.90 Å². The molecule has 1 N–H and O–H groups in total. The Hall–Kier alpha value is -0.870. The highest BCUT2D eigenvalue weighted by molar-refractivity contribution is 7.13. The number of carbonyl (C=O) groups is 1. The second-order valence-electron chi connectivity index (χ2n) is 5.13. The third kappa shape index (κ3) is 3.54. The summed E-state index contributed by atoms with van der Waals surface area (Å²) in [7, 11) is 0. The number of hydrogen-bond acceptors (Lipinski definition) is 3. The van der Waals surface area contributed by atoms with Gasteiger partial charge in [0.25, 0.3) is 0 Å². The summed E-state index contributed by atoms with van der Waals surface area (Å²) in [6, 6.07) is 4.39. The van der Waals surface area contributed by atoms with E-state index in [4.69, 9.17) is 5.11 Å². The van der Waals surface area contributed by atoms with Crippen molar-refractivity contribution in [3.05, 3.63) is 21.9 Å². The maximum Gasteiger partial charge on any atom is 0.345 e. The highest BCUT2D eigenvalue weighted by Crippen LogP contribution is 2.30. The number of carboxylic acid groups (broad SMARTS) is 1. The molecular weight excluding hydrogens is 234 g/mol. The molecule has 0 aliphatic heterocycles. The van der Waals surface area contributed by atoms with Gasteiger partial charge in [-0.2, -0.15) is 0 Å². The first kappa shape index (κ1) is 12.6. The van der Waals surface area contributed by atoms with E-state index >= 15 is 0 Å². The van der Waals surface area contributed by atoms with Crippen LogP contribution in [0.25, 0.3) is 0 Å². The maximum atomic E-state index is 10.8. The van der Waals surface area contributed by atoms with Gasteiger partial charge in [-0.25, -0.2) is 4.79 Å². The third-order valence-electron chi connectivity index (χ3n) is 2.89. The van der Waals surface area contributed by atoms with Crippen molar-refractivity contribution < 1.29 is 9.90 Å². The quantitative estimate of drug-likeness (QED) is 0.847. The topological polar surface area (TPSA) is 40.5 Å². The largest absolute Gasteiger partial charge is 0.477 e. The first-order chi connectivity index (χ1) is 8.06. The smallest absolute Gasteiger partial charge is 0.345 e. The molecule has 0 spiro atoms. The zero-order valence-electron chi connectivity index (χ0n) is 10.3. The Morgan fingerprint density at radius 3 is 2.71 bits per heavy atom. The number of aromatic carboxylic acids is 1. The molecule has 1 aromatic heterocycles. The van der Waals surface area contributed by atoms with Crippen molar-refractivity contribution in [1.82, 2.24) is 4.90 Å². The van der Waals surface area contributed by atoms with Gasteiger partial charge in [-0.1, -0.05) is 13.8 Å². The maximum absolute atomic E-state index is 10.8. The third-order valence-corrected chi connectivity index (χ3v) is 3.95. The van der Waals surface area contributed by atoms with E-state index in [0.717, 1.165) is 24.0 Å². The molecule has 2 rings (SSSR count). The highest BCUT2D eigenvalue weighted by atomic mass is 32.1. The average molecular weight is 253 g/mol. The summed E-state index contributed by atoms with van der Waals surface area (Å²) in [6.07, 6.45) is 2.59. The summed E-state index contributed by atoms with van der Waals surface area (Å²) < 4.78 is 0. The molecule has 1 aromatic rings. The Morgan fingerprint density at radius 2 is 2.24 bits per heavy atom. The SMILES string of the molecule is CC(C)CN(Cc1ccc(C(=O)O)s1)C1CC1. The minimum Gasteiger partial charge on any atom is -0.477 e. The van der Waals surface area contributed by atoms with Gasteiger partial charge in [0, 0.05) is 24.0 Å². The summed E-state index contributed by atoms with van der Waals surface area (Å²) >= 11 is 1.40. The van der Waals surface area contributed by atoms with E-state index in [1.165, 1.54) is 24.2 Å². The molecule has 3 nitrogen and oxygen atoms in total. The lowest BCUT2D eigenvalue weighted by molar-refractivity contribution is 0.0702. The summed E-state index contributed by atoms with van der Waals surface area (Å²) in [6.45, 7) is 6.46. The minimum atomic E-state index is -0.817. The number of nitrogens with zero attached hydrogens (tertiary/aromatic N) is 1. The summed E-state index contributed by atoms with van der Waals surface area (Å²) in [5.41, 5.74) is 0. The van der Waals surface area contributed by atoms with Crippen LogP contribution in [0.5, 0.6) is 0 Å². The van der Waals surface area contributed by atoms with Crippen LogP contribution in [0.15, 0.2) is 12.1 Å². The van der Waals surface area contributed by atoms with Gasteiger partial charge in [0.05, 0.1) is 0 Å². The Morgan fingerprint density at radius 1 is 1.53 bits per heavy atom. The van der Waals surface area contributed by atoms with E-state index < -0.39 is 5.97 Å². The molecule has 1 heterocycles. The molecule has 0 radical (unpaired) electrons. The van der Waals surface area contributed by atoms with Gasteiger partial charge >= 0.3 is 5.97 Å². The fourth-order valence-electron chi connectivity index (χ4n) is 2.03. The molecule has 1 saturated carbocycles. The van der Waals surface area contributed by atoms with Crippen LogP contribution in [0.4, 0.5) is 0 Å². The fourth-order valence-corrected chi connectivity index (χ4v) is 2.90. The number of thiophene rings is 1. The predicted octanol–water partition coefficient (Wildman–Crippen LogP) is 3.07. The zero-order chi connectivity index (χ0) is 12.4. The lowest BCUT2D eigenvalue weighted by Crippen LogP contribution is -2.29. The molecule has 17 heavy (non-hydrogen) atoms. The van der Waals surface area contributed by atoms with Crippen molar-refractivity contribution in [2.24, 2.45) is 5.92 Å². The van der Waals surface area contributed by atoms with E-state index in [-0.39, 0.29) is 0 Å². The van der Waals surface area contributed by atoms with Crippen molar-refractivity contribution in [3.63, 3.8) is 0 Å². The van der Waals surface area contributed by atoms with Crippen molar-refractivity contribution in [3.8, 4) is 0 Å². The van der Waals surface area contributed by atoms with Crippen LogP contribution in [0.3, 0.4) is 0 Å². The average Bonchev–Trinajstić information content (AvgIpc) is 2.97. The van der Waals surface area contributed by atoms with Crippen LogP contribution in [0.1, 0.15) is 41.2 Å². The molecule has 0 aromatic carbocycles. The van der Waals surface area contributed by atoms with Crippen LogP contribution in [-0.4, -0.2) is 28.6 Å². The first-order valence-corrected chi connectivity index (χ1v) is 6.94. The molecule has 1 aliphatic carbocycles. The van der Waals surface area contributed by atoms with Gasteiger partial charge in [0.15, 0.2) is 0 Å². The van der Waals surface area contributed by atoms with Crippen LogP contribution in [-0.2, 0) is 6.54 Å². The van der Waals surface area contributed by atoms with Crippen molar-refractivity contribution in [1.29, 1.82) is 0 Å². The predicted molar refractivity (Wildman–Crippen MR) is 69.5 cm³/mol. The summed E-state index contributed by atoms with van der Waals surface area (Å²) in [5.74, 6) is -0.155. The van der Waals surface area contributed by atoms with Crippen LogP contribution < -0.4 is 0 Å². The summed E-state index contributed by atoms with van der Waals surface area (Å²) in [4.78, 5) is 14.9. The van der Waals surface area contributed by atoms with Gasteiger partial charge in [-0.15, -0.1) is 11.3 Å². The molecule has 0 atom stereocenters. The van der Waals surface area contributed by atoms with Crippen molar-refractivity contribution >= 4 is 17.3 Å². The summed E-state index contributed by atoms with van der Waals surface area (Å²) in [5, 5.41) is 8.90. The highest BCUT2D eigenvalue weighted by Gasteiger charge is 2.29. The molecule has 0 saturated heterocycles. The van der Waals surface area contributed by atoms with Crippen molar-refractivity contribution in [2.75, 3.05) is 6.54 Å². The van der Waals surface area contributed by atoms with Gasteiger partial charge < -0.3 is 5.11 Å². The number of rotatable bonds is 6. The Kier molecular flexibility index (Phi) is 3.84. The number of hydrogen-bond donors (Lipinski definition) is 1. The zero-order valence-corrected chi connectivity index (χ0v) is 11.2. The monoisotopic (exact) mass is 253 g/mol. The molecule has 4 heteroatoms. The van der Waals surface area contributed by atoms with Gasteiger partial charge in [0.2, 0.25) is 0 Å². The van der Waals surface area contributed by atoms with Gasteiger partial charge in [-0.05, 0) is 30.9 Å². The Balaban J connectivity index is 1.98. The molecule has 0 amide bonds. The molecule has 1 fully saturated rings. The standard InChI is InChI=1S/C13H19NO2S/c1-9(2)7-14(10-3-4-10)8-11-5-6-12(17-11)13(15)16/h5-6,9-10H,3-4,7-8H2,1-2H3,(H,15,16). The molecule has 94 valence electrons. The van der Waals surface area contributed by atoms with Crippen LogP contribution in [0.2, 0.25) is 0 Å². The molecular formula is C13H19NO2S. The van der Waals surface area contributed by atoms with E-state index in [2.05, 4.69) is 18.7 Å². The number of carboxylic acids is 1. The van der Waals surface area contributed by atoms with Crippen molar-refractivity contribution in [2.45, 2.75) is 39.3 Å². The van der Waals surface area contributed by atoms with E-state index in [1.54, 1.807) is 6.07 Å². The Bertz CT molecular complexity index is 396. The van der Waals surface area contributed by atoms with E-state index in [1.807, 2.05) is 6.07 Å². The fraction of sp³-hybridized carbons (Fsp3) is 0.615. The molecule has 1 aliphatic rings. The normalized spacial score (nSPS) is 15.8. The van der Waals surface area contributed by atoms with E-state index in [9.17, 15) is 4.79 Å². The lowest BCUT2D eigenvalue weighted by atomic mass is 10.2. The molecule has 0 bridgehead atoms. The lowest BCUT2D eigenvalue weighted by Gasteiger charge is -2.23. The second-order valence-corrected chi connectivity index (χ2v) is 6.29. The minimum absolute atomic E-state index is 0.445. The van der Waals surface area contributed by atoms with E-state index in [0.29, 0.717) is 10.8 Å². The first-order valence-electron chi connectivity index (χ1n) is 6.12.